The van der Waals surface area contributed by atoms with Crippen molar-refractivity contribution in [3.63, 3.8) is 0 Å². The summed E-state index contributed by atoms with van der Waals surface area (Å²) >= 11 is 0. The van der Waals surface area contributed by atoms with Crippen LogP contribution < -0.4 is 9.47 Å². The number of carbonyl (C=O) groups excluding carboxylic acids is 1. The van der Waals surface area contributed by atoms with Crippen LogP contribution in [0, 0.1) is 6.92 Å². The number of pyridine rings is 2. The molecule has 0 saturated carbocycles. The largest absolute Gasteiger partial charge is 0.493 e. The molecule has 0 unspecified atom stereocenters. The van der Waals surface area contributed by atoms with Crippen LogP contribution >= 0.6 is 0 Å². The van der Waals surface area contributed by atoms with E-state index < -0.39 is 0 Å². The second kappa shape index (κ2) is 8.49. The number of methoxy groups -OCH3 is 2. The first-order valence-electron chi connectivity index (χ1n) is 9.90. The number of hydrazone groups is 1. The SMILES string of the molecule is COc1cc2nccc(CC(=NN3CCCC3=O)c3cccc(C)n3)c2cc1OC. The molecular formula is C23H24N4O3. The van der Waals surface area contributed by atoms with Crippen molar-refractivity contribution in [3.8, 4) is 11.5 Å². The summed E-state index contributed by atoms with van der Waals surface area (Å²) in [5.41, 5.74) is 4.24. The molecule has 1 saturated heterocycles. The maximum atomic E-state index is 12.2. The van der Waals surface area contributed by atoms with Crippen molar-refractivity contribution < 1.29 is 14.3 Å². The summed E-state index contributed by atoms with van der Waals surface area (Å²) < 4.78 is 10.9. The minimum atomic E-state index is 0.0474. The molecule has 7 nitrogen and oxygen atoms in total. The van der Waals surface area contributed by atoms with Crippen LogP contribution in [0.5, 0.6) is 11.5 Å². The van der Waals surface area contributed by atoms with Crippen molar-refractivity contribution in [2.75, 3.05) is 20.8 Å². The van der Waals surface area contributed by atoms with Gasteiger partial charge < -0.3 is 9.47 Å². The lowest BCUT2D eigenvalue weighted by Gasteiger charge is -2.15. The number of hydrogen-bond acceptors (Lipinski definition) is 6. The topological polar surface area (TPSA) is 76.9 Å². The Morgan fingerprint density at radius 3 is 2.67 bits per heavy atom. The van der Waals surface area contributed by atoms with Gasteiger partial charge in [0.2, 0.25) is 5.91 Å². The minimum Gasteiger partial charge on any atom is -0.493 e. The van der Waals surface area contributed by atoms with E-state index in [-0.39, 0.29) is 5.91 Å². The Morgan fingerprint density at radius 1 is 1.17 bits per heavy atom. The van der Waals surface area contributed by atoms with E-state index in [1.807, 2.05) is 43.3 Å². The molecule has 154 valence electrons. The molecule has 1 fully saturated rings. The summed E-state index contributed by atoms with van der Waals surface area (Å²) in [5, 5.41) is 7.22. The van der Waals surface area contributed by atoms with Crippen LogP contribution in [0.25, 0.3) is 10.9 Å². The molecule has 3 aromatic rings. The second-order valence-electron chi connectivity index (χ2n) is 7.20. The van der Waals surface area contributed by atoms with Gasteiger partial charge in [-0.05, 0) is 43.2 Å². The number of fused-ring (bicyclic) bond motifs is 1. The zero-order valence-corrected chi connectivity index (χ0v) is 17.4. The van der Waals surface area contributed by atoms with Crippen LogP contribution in [0.3, 0.4) is 0 Å². The van der Waals surface area contributed by atoms with Crippen LogP contribution in [0.1, 0.15) is 29.8 Å². The molecule has 1 aliphatic heterocycles. The standard InChI is InChI=1S/C23H24N4O3/c1-15-6-4-7-18(25-15)20(26-27-11-5-8-23(27)28)12-16-9-10-24-19-14-22(30-3)21(29-2)13-17(16)19/h4,6-7,9-10,13-14H,5,8,11-12H2,1-3H3. The Bertz CT molecular complexity index is 1130. The van der Waals surface area contributed by atoms with E-state index in [2.05, 4.69) is 9.97 Å². The average molecular weight is 404 g/mol. The van der Waals surface area contributed by atoms with Gasteiger partial charge in [-0.2, -0.15) is 5.10 Å². The monoisotopic (exact) mass is 404 g/mol. The van der Waals surface area contributed by atoms with Gasteiger partial charge in [0.15, 0.2) is 11.5 Å². The van der Waals surface area contributed by atoms with E-state index in [1.54, 1.807) is 25.4 Å². The Morgan fingerprint density at radius 2 is 1.97 bits per heavy atom. The Balaban J connectivity index is 1.80. The molecule has 0 spiro atoms. The smallest absolute Gasteiger partial charge is 0.242 e. The molecule has 3 heterocycles. The second-order valence-corrected chi connectivity index (χ2v) is 7.20. The predicted octanol–water partition coefficient (Wildman–Crippen LogP) is 3.52. The highest BCUT2D eigenvalue weighted by Crippen LogP contribution is 2.33. The zero-order chi connectivity index (χ0) is 21.1. The molecular weight excluding hydrogens is 380 g/mol. The average Bonchev–Trinajstić information content (AvgIpc) is 3.16. The quantitative estimate of drug-likeness (QED) is 0.588. The Kier molecular flexibility index (Phi) is 5.61. The molecule has 4 rings (SSSR count). The third-order valence-corrected chi connectivity index (χ3v) is 5.17. The summed E-state index contributed by atoms with van der Waals surface area (Å²) in [7, 11) is 3.22. The fourth-order valence-electron chi connectivity index (χ4n) is 3.63. The molecule has 1 amide bonds. The first-order chi connectivity index (χ1) is 14.6. The van der Waals surface area contributed by atoms with Gasteiger partial charge in [0.25, 0.3) is 0 Å². The van der Waals surface area contributed by atoms with Gasteiger partial charge in [0, 0.05) is 42.7 Å². The van der Waals surface area contributed by atoms with Gasteiger partial charge in [-0.3, -0.25) is 14.8 Å². The molecule has 0 radical (unpaired) electrons. The van der Waals surface area contributed by atoms with Crippen LogP contribution in [-0.2, 0) is 11.2 Å². The van der Waals surface area contributed by atoms with Crippen LogP contribution in [-0.4, -0.2) is 47.4 Å². The number of amides is 1. The number of hydrogen-bond donors (Lipinski definition) is 0. The van der Waals surface area contributed by atoms with Gasteiger partial charge in [-0.15, -0.1) is 0 Å². The highest BCUT2D eigenvalue weighted by atomic mass is 16.5. The van der Waals surface area contributed by atoms with Gasteiger partial charge in [-0.25, -0.2) is 5.01 Å². The summed E-state index contributed by atoms with van der Waals surface area (Å²) in [6.45, 7) is 2.58. The fourth-order valence-corrected chi connectivity index (χ4v) is 3.63. The molecule has 0 aliphatic carbocycles. The van der Waals surface area contributed by atoms with Crippen molar-refractivity contribution in [1.29, 1.82) is 0 Å². The van der Waals surface area contributed by atoms with Crippen molar-refractivity contribution in [2.24, 2.45) is 5.10 Å². The molecule has 0 atom stereocenters. The first kappa shape index (κ1) is 19.8. The third-order valence-electron chi connectivity index (χ3n) is 5.17. The minimum absolute atomic E-state index is 0.0474. The molecule has 0 N–H and O–H groups in total. The summed E-state index contributed by atoms with van der Waals surface area (Å²) in [4.78, 5) is 21.3. The fraction of sp³-hybridized carbons (Fsp3) is 0.304. The van der Waals surface area contributed by atoms with E-state index in [4.69, 9.17) is 14.6 Å². The zero-order valence-electron chi connectivity index (χ0n) is 17.4. The highest BCUT2D eigenvalue weighted by molar-refractivity contribution is 6.03. The van der Waals surface area contributed by atoms with Gasteiger partial charge in [0.1, 0.15) is 0 Å². The van der Waals surface area contributed by atoms with Crippen molar-refractivity contribution >= 4 is 22.5 Å². The summed E-state index contributed by atoms with van der Waals surface area (Å²) in [5.74, 6) is 1.32. The molecule has 1 aromatic carbocycles. The molecule has 30 heavy (non-hydrogen) atoms. The van der Waals surface area contributed by atoms with E-state index in [9.17, 15) is 4.79 Å². The lowest BCUT2D eigenvalue weighted by atomic mass is 10.0. The first-order valence-corrected chi connectivity index (χ1v) is 9.90. The number of carbonyl (C=O) groups is 1. The van der Waals surface area contributed by atoms with Crippen LogP contribution in [0.2, 0.25) is 0 Å². The molecule has 1 aliphatic rings. The van der Waals surface area contributed by atoms with Gasteiger partial charge in [0.05, 0.1) is 31.1 Å². The number of aryl methyl sites for hydroxylation is 1. The summed E-state index contributed by atoms with van der Waals surface area (Å²) in [6, 6.07) is 11.6. The number of benzene rings is 1. The molecule has 2 aromatic heterocycles. The number of ether oxygens (including phenoxy) is 2. The Hall–Kier alpha value is -3.48. The number of nitrogens with zero attached hydrogens (tertiary/aromatic N) is 4. The lowest BCUT2D eigenvalue weighted by Crippen LogP contribution is -2.22. The van der Waals surface area contributed by atoms with Crippen molar-refractivity contribution in [2.45, 2.75) is 26.2 Å². The molecule has 7 heteroatoms. The van der Waals surface area contributed by atoms with Gasteiger partial charge >= 0.3 is 0 Å². The third kappa shape index (κ3) is 3.96. The molecule has 0 bridgehead atoms. The number of rotatable bonds is 6. The lowest BCUT2D eigenvalue weighted by molar-refractivity contribution is -0.127. The Labute approximate surface area is 175 Å². The highest BCUT2D eigenvalue weighted by Gasteiger charge is 2.22. The van der Waals surface area contributed by atoms with E-state index >= 15 is 0 Å². The number of aromatic nitrogens is 2. The predicted molar refractivity (Wildman–Crippen MR) is 115 cm³/mol. The van der Waals surface area contributed by atoms with Crippen LogP contribution in [0.4, 0.5) is 0 Å². The van der Waals surface area contributed by atoms with E-state index in [0.29, 0.717) is 30.9 Å². The van der Waals surface area contributed by atoms with Crippen molar-refractivity contribution in [1.82, 2.24) is 15.0 Å². The maximum absolute atomic E-state index is 12.2. The van der Waals surface area contributed by atoms with E-state index in [1.165, 1.54) is 0 Å². The normalized spacial score (nSPS) is 14.4. The summed E-state index contributed by atoms with van der Waals surface area (Å²) in [6.07, 6.45) is 3.64. The van der Waals surface area contributed by atoms with E-state index in [0.717, 1.165) is 40.0 Å². The maximum Gasteiger partial charge on any atom is 0.242 e. The van der Waals surface area contributed by atoms with Gasteiger partial charge in [-0.1, -0.05) is 6.07 Å². The van der Waals surface area contributed by atoms with Crippen molar-refractivity contribution in [3.05, 3.63) is 59.5 Å². The van der Waals surface area contributed by atoms with Crippen LogP contribution in [0.15, 0.2) is 47.7 Å².